The molecule has 1 aromatic rings. The Morgan fingerprint density at radius 3 is 2.58 bits per heavy atom. The maximum Gasteiger partial charge on any atom is 0.0544 e. The highest BCUT2D eigenvalue weighted by molar-refractivity contribution is 5.19. The first-order valence-corrected chi connectivity index (χ1v) is 7.80. The molecule has 2 fully saturated rings. The normalized spacial score (nSPS) is 22.5. The molecule has 2 saturated heterocycles. The zero-order valence-corrected chi connectivity index (χ0v) is 11.8. The Kier molecular flexibility index (Phi) is 4.46. The maximum atomic E-state index is 4.69. The largest absolute Gasteiger partial charge is 0.317 e. The van der Waals surface area contributed by atoms with Gasteiger partial charge in [0.05, 0.1) is 5.69 Å². The van der Waals surface area contributed by atoms with Crippen LogP contribution >= 0.6 is 0 Å². The molecule has 2 aliphatic rings. The summed E-state index contributed by atoms with van der Waals surface area (Å²) in [6.07, 6.45) is 8.74. The number of likely N-dealkylation sites (tertiary alicyclic amines) is 1. The van der Waals surface area contributed by atoms with Crippen molar-refractivity contribution in [2.24, 2.45) is 0 Å². The van der Waals surface area contributed by atoms with Gasteiger partial charge in [0, 0.05) is 12.7 Å². The van der Waals surface area contributed by atoms with Crippen LogP contribution in [0.4, 0.5) is 0 Å². The summed E-state index contributed by atoms with van der Waals surface area (Å²) in [5, 5.41) is 3.42. The first-order chi connectivity index (χ1) is 9.42. The van der Waals surface area contributed by atoms with Gasteiger partial charge in [0.1, 0.15) is 0 Å². The van der Waals surface area contributed by atoms with Gasteiger partial charge in [0.15, 0.2) is 0 Å². The van der Waals surface area contributed by atoms with Gasteiger partial charge < -0.3 is 5.32 Å². The van der Waals surface area contributed by atoms with Crippen LogP contribution in [0, 0.1) is 0 Å². The number of aromatic nitrogens is 1. The molecule has 19 heavy (non-hydrogen) atoms. The van der Waals surface area contributed by atoms with Gasteiger partial charge in [-0.25, -0.2) is 0 Å². The molecule has 0 bridgehead atoms. The first kappa shape index (κ1) is 13.1. The number of pyridine rings is 1. The molecule has 0 radical (unpaired) electrons. The topological polar surface area (TPSA) is 28.2 Å². The Bertz CT molecular complexity index is 375. The number of rotatable bonds is 3. The van der Waals surface area contributed by atoms with Gasteiger partial charge in [0.25, 0.3) is 0 Å². The maximum absolute atomic E-state index is 4.69. The van der Waals surface area contributed by atoms with Crippen molar-refractivity contribution in [1.29, 1.82) is 0 Å². The third-order valence-electron chi connectivity index (χ3n) is 4.49. The van der Waals surface area contributed by atoms with Gasteiger partial charge in [-0.3, -0.25) is 9.88 Å². The Morgan fingerprint density at radius 2 is 1.89 bits per heavy atom. The van der Waals surface area contributed by atoms with Gasteiger partial charge in [-0.05, 0) is 69.4 Å². The molecule has 3 heteroatoms. The molecule has 2 aliphatic heterocycles. The van der Waals surface area contributed by atoms with Crippen molar-refractivity contribution < 1.29 is 0 Å². The molecular formula is C16H25N3. The van der Waals surface area contributed by atoms with Gasteiger partial charge in [0.2, 0.25) is 0 Å². The van der Waals surface area contributed by atoms with Crippen LogP contribution in [-0.2, 0) is 6.54 Å². The lowest BCUT2D eigenvalue weighted by Crippen LogP contribution is -2.29. The average molecular weight is 259 g/mol. The standard InChI is InChI=1S/C16H25N3/c1-2-10-19(11-3-1)13-16-5-4-15(12-18-16)14-6-8-17-9-7-14/h4-5,12,14,17H,1-3,6-11,13H2. The van der Waals surface area contributed by atoms with Gasteiger partial charge in [-0.2, -0.15) is 0 Å². The SMILES string of the molecule is c1cc(CN2CCCCC2)ncc1C1CCNCC1. The van der Waals surface area contributed by atoms with E-state index in [2.05, 4.69) is 33.5 Å². The van der Waals surface area contributed by atoms with E-state index in [-0.39, 0.29) is 0 Å². The van der Waals surface area contributed by atoms with Crippen molar-refractivity contribution in [2.45, 2.75) is 44.6 Å². The van der Waals surface area contributed by atoms with Crippen LogP contribution in [0.15, 0.2) is 18.3 Å². The molecular weight excluding hydrogens is 234 g/mol. The Labute approximate surface area is 116 Å². The van der Waals surface area contributed by atoms with E-state index >= 15 is 0 Å². The fourth-order valence-electron chi connectivity index (χ4n) is 3.27. The van der Waals surface area contributed by atoms with E-state index in [9.17, 15) is 0 Å². The second-order valence-corrected chi connectivity index (χ2v) is 5.94. The van der Waals surface area contributed by atoms with E-state index in [1.807, 2.05) is 0 Å². The summed E-state index contributed by atoms with van der Waals surface area (Å²) in [7, 11) is 0. The van der Waals surface area contributed by atoms with E-state index < -0.39 is 0 Å². The zero-order chi connectivity index (χ0) is 12.9. The molecule has 1 aromatic heterocycles. The quantitative estimate of drug-likeness (QED) is 0.904. The van der Waals surface area contributed by atoms with Crippen LogP contribution in [0.3, 0.4) is 0 Å². The molecule has 0 atom stereocenters. The highest BCUT2D eigenvalue weighted by atomic mass is 15.1. The molecule has 0 unspecified atom stereocenters. The van der Waals surface area contributed by atoms with Gasteiger partial charge >= 0.3 is 0 Å². The summed E-state index contributed by atoms with van der Waals surface area (Å²) in [5.74, 6) is 0.720. The molecule has 0 spiro atoms. The van der Waals surface area contributed by atoms with Gasteiger partial charge in [-0.15, -0.1) is 0 Å². The van der Waals surface area contributed by atoms with Crippen molar-refractivity contribution in [3.63, 3.8) is 0 Å². The van der Waals surface area contributed by atoms with Crippen LogP contribution < -0.4 is 5.32 Å². The second kappa shape index (κ2) is 6.49. The van der Waals surface area contributed by atoms with E-state index in [1.165, 1.54) is 56.5 Å². The zero-order valence-electron chi connectivity index (χ0n) is 11.8. The summed E-state index contributed by atoms with van der Waals surface area (Å²) in [6.45, 7) is 5.84. The highest BCUT2D eigenvalue weighted by Gasteiger charge is 2.16. The second-order valence-electron chi connectivity index (χ2n) is 5.94. The van der Waals surface area contributed by atoms with Crippen molar-refractivity contribution in [1.82, 2.24) is 15.2 Å². The van der Waals surface area contributed by atoms with E-state index in [4.69, 9.17) is 0 Å². The minimum Gasteiger partial charge on any atom is -0.317 e. The molecule has 0 saturated carbocycles. The summed E-state index contributed by atoms with van der Waals surface area (Å²) >= 11 is 0. The molecule has 104 valence electrons. The van der Waals surface area contributed by atoms with Crippen LogP contribution in [-0.4, -0.2) is 36.1 Å². The van der Waals surface area contributed by atoms with Crippen LogP contribution in [0.5, 0.6) is 0 Å². The lowest BCUT2D eigenvalue weighted by molar-refractivity contribution is 0.218. The first-order valence-electron chi connectivity index (χ1n) is 7.80. The van der Waals surface area contributed by atoms with Crippen molar-refractivity contribution in [3.8, 4) is 0 Å². The summed E-state index contributed by atoms with van der Waals surface area (Å²) in [4.78, 5) is 7.22. The number of nitrogens with one attached hydrogen (secondary N) is 1. The van der Waals surface area contributed by atoms with Crippen molar-refractivity contribution in [2.75, 3.05) is 26.2 Å². The molecule has 0 aromatic carbocycles. The number of nitrogens with zero attached hydrogens (tertiary/aromatic N) is 2. The molecule has 1 N–H and O–H groups in total. The fourth-order valence-corrected chi connectivity index (χ4v) is 3.27. The molecule has 0 aliphatic carbocycles. The Balaban J connectivity index is 1.58. The molecule has 3 heterocycles. The van der Waals surface area contributed by atoms with Crippen molar-refractivity contribution in [3.05, 3.63) is 29.6 Å². The Morgan fingerprint density at radius 1 is 1.11 bits per heavy atom. The monoisotopic (exact) mass is 259 g/mol. The van der Waals surface area contributed by atoms with Gasteiger partial charge in [-0.1, -0.05) is 12.5 Å². The summed E-state index contributed by atoms with van der Waals surface area (Å²) < 4.78 is 0. The smallest absolute Gasteiger partial charge is 0.0544 e. The van der Waals surface area contributed by atoms with Crippen LogP contribution in [0.1, 0.15) is 49.3 Å². The lowest BCUT2D eigenvalue weighted by atomic mass is 9.91. The van der Waals surface area contributed by atoms with Crippen molar-refractivity contribution >= 4 is 0 Å². The molecule has 3 nitrogen and oxygen atoms in total. The fraction of sp³-hybridized carbons (Fsp3) is 0.688. The van der Waals surface area contributed by atoms with E-state index in [1.54, 1.807) is 0 Å². The molecule has 3 rings (SSSR count). The third kappa shape index (κ3) is 3.54. The lowest BCUT2D eigenvalue weighted by Gasteiger charge is -2.26. The summed E-state index contributed by atoms with van der Waals surface area (Å²) in [6, 6.07) is 4.55. The minimum absolute atomic E-state index is 0.720. The molecule has 0 amide bonds. The third-order valence-corrected chi connectivity index (χ3v) is 4.49. The van der Waals surface area contributed by atoms with Crippen LogP contribution in [0.2, 0.25) is 0 Å². The Hall–Kier alpha value is -0.930. The van der Waals surface area contributed by atoms with Crippen LogP contribution in [0.25, 0.3) is 0 Å². The number of piperidine rings is 2. The summed E-state index contributed by atoms with van der Waals surface area (Å²) in [5.41, 5.74) is 2.67. The predicted octanol–water partition coefficient (Wildman–Crippen LogP) is 2.53. The number of hydrogen-bond donors (Lipinski definition) is 1. The minimum atomic E-state index is 0.720. The van der Waals surface area contributed by atoms with E-state index in [0.717, 1.165) is 25.6 Å². The number of hydrogen-bond acceptors (Lipinski definition) is 3. The highest BCUT2D eigenvalue weighted by Crippen LogP contribution is 2.24. The predicted molar refractivity (Wildman–Crippen MR) is 78.2 cm³/mol. The van der Waals surface area contributed by atoms with E-state index in [0.29, 0.717) is 0 Å². The average Bonchev–Trinajstić information content (AvgIpc) is 2.50.